The van der Waals surface area contributed by atoms with Crippen LogP contribution >= 0.6 is 0 Å². The van der Waals surface area contributed by atoms with E-state index in [0.717, 1.165) is 36.3 Å². The Kier molecular flexibility index (Phi) is 7.30. The molecule has 0 aliphatic carbocycles. The third-order valence-corrected chi connectivity index (χ3v) is 4.80. The number of nitriles is 1. The number of anilines is 1. The molecule has 30 heavy (non-hydrogen) atoms. The Morgan fingerprint density at radius 3 is 2.73 bits per heavy atom. The van der Waals surface area contributed by atoms with Gasteiger partial charge in [0.15, 0.2) is 0 Å². The molecule has 154 valence electrons. The average molecular weight is 405 g/mol. The first-order valence-corrected chi connectivity index (χ1v) is 9.83. The second-order valence-corrected chi connectivity index (χ2v) is 7.15. The molecule has 6 nitrogen and oxygen atoms in total. The summed E-state index contributed by atoms with van der Waals surface area (Å²) in [4.78, 5) is 14.3. The minimum absolute atomic E-state index is 0.109. The minimum Gasteiger partial charge on any atom is -0.325 e. The molecule has 7 heteroatoms. The van der Waals surface area contributed by atoms with Gasteiger partial charge < -0.3 is 10.2 Å². The number of benzene rings is 2. The number of nitrogens with one attached hydrogen (secondary N) is 2. The third-order valence-electron chi connectivity index (χ3n) is 4.80. The molecule has 1 heterocycles. The summed E-state index contributed by atoms with van der Waals surface area (Å²) >= 11 is 0. The number of para-hydroxylation sites is 1. The van der Waals surface area contributed by atoms with Gasteiger partial charge in [-0.1, -0.05) is 12.1 Å². The topological polar surface area (TPSA) is 84.8 Å². The summed E-state index contributed by atoms with van der Waals surface area (Å²) in [5, 5.41) is 19.2. The molecule has 1 amide bonds. The first-order valence-electron chi connectivity index (χ1n) is 9.83. The van der Waals surface area contributed by atoms with Gasteiger partial charge in [-0.3, -0.25) is 9.89 Å². The van der Waals surface area contributed by atoms with E-state index in [1.54, 1.807) is 36.4 Å². The van der Waals surface area contributed by atoms with Crippen molar-refractivity contribution in [3.63, 3.8) is 0 Å². The second-order valence-electron chi connectivity index (χ2n) is 7.15. The van der Waals surface area contributed by atoms with Crippen LogP contribution in [0, 0.1) is 17.1 Å². The van der Waals surface area contributed by atoms with Crippen LogP contribution in [-0.4, -0.2) is 41.1 Å². The molecule has 0 saturated carbocycles. The van der Waals surface area contributed by atoms with Crippen LogP contribution in [-0.2, 0) is 11.2 Å². The van der Waals surface area contributed by atoms with E-state index in [1.165, 1.54) is 12.1 Å². The first-order chi connectivity index (χ1) is 14.5. The van der Waals surface area contributed by atoms with Crippen molar-refractivity contribution in [2.75, 3.05) is 25.5 Å². The fourth-order valence-corrected chi connectivity index (χ4v) is 3.10. The maximum atomic E-state index is 13.0. The van der Waals surface area contributed by atoms with Gasteiger partial charge in [0, 0.05) is 24.2 Å². The highest BCUT2D eigenvalue weighted by atomic mass is 19.1. The van der Waals surface area contributed by atoms with Gasteiger partial charge in [0.2, 0.25) is 5.91 Å². The highest BCUT2D eigenvalue weighted by molar-refractivity contribution is 5.92. The van der Waals surface area contributed by atoms with E-state index >= 15 is 0 Å². The highest BCUT2D eigenvalue weighted by Crippen LogP contribution is 2.18. The van der Waals surface area contributed by atoms with Crippen molar-refractivity contribution < 1.29 is 9.18 Å². The molecule has 0 radical (unpaired) electrons. The van der Waals surface area contributed by atoms with E-state index in [0.29, 0.717) is 24.2 Å². The number of hydrogen-bond acceptors (Lipinski definition) is 4. The third kappa shape index (κ3) is 6.00. The molecule has 0 bridgehead atoms. The van der Waals surface area contributed by atoms with Crippen molar-refractivity contribution in [1.29, 1.82) is 5.26 Å². The molecular weight excluding hydrogens is 381 g/mol. The van der Waals surface area contributed by atoms with Crippen LogP contribution in [0.15, 0.2) is 54.6 Å². The zero-order valence-electron chi connectivity index (χ0n) is 16.9. The highest BCUT2D eigenvalue weighted by Gasteiger charge is 2.09. The number of carbonyl (C=O) groups is 1. The predicted octanol–water partition coefficient (Wildman–Crippen LogP) is 3.98. The lowest BCUT2D eigenvalue weighted by Crippen LogP contribution is -2.25. The Bertz CT molecular complexity index is 1020. The largest absolute Gasteiger partial charge is 0.325 e. The number of aromatic nitrogens is 2. The molecule has 1 aromatic heterocycles. The molecular formula is C23H24FN5O. The van der Waals surface area contributed by atoms with Crippen molar-refractivity contribution in [3.8, 4) is 17.3 Å². The second kappa shape index (κ2) is 10.3. The summed E-state index contributed by atoms with van der Waals surface area (Å²) in [6, 6.07) is 17.3. The zero-order chi connectivity index (χ0) is 21.3. The van der Waals surface area contributed by atoms with Crippen LogP contribution in [0.1, 0.15) is 24.1 Å². The zero-order valence-corrected chi connectivity index (χ0v) is 16.9. The Balaban J connectivity index is 1.39. The van der Waals surface area contributed by atoms with Gasteiger partial charge >= 0.3 is 0 Å². The Labute approximate surface area is 175 Å². The monoisotopic (exact) mass is 405 g/mol. The summed E-state index contributed by atoms with van der Waals surface area (Å²) < 4.78 is 13.0. The van der Waals surface area contributed by atoms with Crippen LogP contribution in [0.4, 0.5) is 10.1 Å². The molecule has 0 unspecified atom stereocenters. The molecule has 2 N–H and O–H groups in total. The number of hydrogen-bond donors (Lipinski definition) is 2. The van der Waals surface area contributed by atoms with Gasteiger partial charge in [-0.15, -0.1) is 0 Å². The van der Waals surface area contributed by atoms with Crippen LogP contribution in [0.2, 0.25) is 0 Å². The molecule has 0 saturated heterocycles. The standard InChI is InChI=1S/C23H24FN5O/c1-29(14-12-23(30)26-21-7-3-2-5-18(21)16-25)13-4-6-20-15-22(28-27-20)17-8-10-19(24)11-9-17/h2-3,5,7-11,15H,4,6,12-14H2,1H3,(H,26,30)(H,27,28). The fraction of sp³-hybridized carbons (Fsp3) is 0.261. The molecule has 3 aromatic rings. The molecule has 0 spiro atoms. The summed E-state index contributed by atoms with van der Waals surface area (Å²) in [5.74, 6) is -0.373. The number of aryl methyl sites for hydroxylation is 1. The number of H-pyrrole nitrogens is 1. The average Bonchev–Trinajstić information content (AvgIpc) is 3.22. The van der Waals surface area contributed by atoms with Gasteiger partial charge in [-0.2, -0.15) is 10.4 Å². The molecule has 0 aliphatic heterocycles. The Morgan fingerprint density at radius 1 is 1.20 bits per heavy atom. The van der Waals surface area contributed by atoms with E-state index in [4.69, 9.17) is 5.26 Å². The van der Waals surface area contributed by atoms with Crippen LogP contribution in [0.3, 0.4) is 0 Å². The summed E-state index contributed by atoms with van der Waals surface area (Å²) in [6.07, 6.45) is 2.11. The van der Waals surface area contributed by atoms with Crippen LogP contribution in [0.25, 0.3) is 11.3 Å². The van der Waals surface area contributed by atoms with E-state index in [-0.39, 0.29) is 11.7 Å². The summed E-state index contributed by atoms with van der Waals surface area (Å²) in [7, 11) is 1.98. The molecule has 0 aliphatic rings. The Morgan fingerprint density at radius 2 is 1.97 bits per heavy atom. The number of rotatable bonds is 9. The number of amides is 1. The summed E-state index contributed by atoms with van der Waals surface area (Å²) in [6.45, 7) is 1.47. The van der Waals surface area contributed by atoms with Gasteiger partial charge in [0.1, 0.15) is 11.9 Å². The summed E-state index contributed by atoms with van der Waals surface area (Å²) in [5.41, 5.74) is 3.70. The molecule has 3 rings (SSSR count). The molecule has 2 aromatic carbocycles. The van der Waals surface area contributed by atoms with E-state index in [2.05, 4.69) is 26.5 Å². The maximum Gasteiger partial charge on any atom is 0.225 e. The normalized spacial score (nSPS) is 10.7. The van der Waals surface area contributed by atoms with Gasteiger partial charge in [0.25, 0.3) is 0 Å². The number of aromatic amines is 1. The van der Waals surface area contributed by atoms with Crippen molar-refractivity contribution in [2.24, 2.45) is 0 Å². The van der Waals surface area contributed by atoms with Crippen LogP contribution in [0.5, 0.6) is 0 Å². The van der Waals surface area contributed by atoms with E-state index in [9.17, 15) is 9.18 Å². The Hall–Kier alpha value is -3.50. The first kappa shape index (κ1) is 21.2. The van der Waals surface area contributed by atoms with Crippen molar-refractivity contribution in [1.82, 2.24) is 15.1 Å². The molecule has 0 atom stereocenters. The lowest BCUT2D eigenvalue weighted by molar-refractivity contribution is -0.116. The van der Waals surface area contributed by atoms with Gasteiger partial charge in [0.05, 0.1) is 16.9 Å². The van der Waals surface area contributed by atoms with E-state index < -0.39 is 0 Å². The lowest BCUT2D eigenvalue weighted by atomic mass is 10.1. The number of nitrogens with zero attached hydrogens (tertiary/aromatic N) is 3. The van der Waals surface area contributed by atoms with Crippen molar-refractivity contribution in [2.45, 2.75) is 19.3 Å². The fourth-order valence-electron chi connectivity index (χ4n) is 3.10. The quantitative estimate of drug-likeness (QED) is 0.564. The smallest absolute Gasteiger partial charge is 0.225 e. The van der Waals surface area contributed by atoms with E-state index in [1.807, 2.05) is 13.1 Å². The van der Waals surface area contributed by atoms with Gasteiger partial charge in [-0.05, 0) is 68.9 Å². The number of carbonyl (C=O) groups excluding carboxylic acids is 1. The maximum absolute atomic E-state index is 13.0. The minimum atomic E-state index is -0.263. The predicted molar refractivity (Wildman–Crippen MR) is 114 cm³/mol. The van der Waals surface area contributed by atoms with Crippen molar-refractivity contribution in [3.05, 3.63) is 71.7 Å². The van der Waals surface area contributed by atoms with Gasteiger partial charge in [-0.25, -0.2) is 4.39 Å². The SMILES string of the molecule is CN(CCCc1cc(-c2ccc(F)cc2)n[nH]1)CCC(=O)Nc1ccccc1C#N. The lowest BCUT2D eigenvalue weighted by Gasteiger charge is -2.16. The van der Waals surface area contributed by atoms with Crippen LogP contribution < -0.4 is 5.32 Å². The number of halogens is 1. The molecule has 0 fully saturated rings. The van der Waals surface area contributed by atoms with Crippen molar-refractivity contribution >= 4 is 11.6 Å².